The van der Waals surface area contributed by atoms with Crippen LogP contribution in [0.2, 0.25) is 5.02 Å². The first-order valence-electron chi connectivity index (χ1n) is 14.8. The molecule has 2 fully saturated rings. The molecule has 3 N–H and O–H groups in total. The van der Waals surface area contributed by atoms with Gasteiger partial charge in [-0.3, -0.25) is 19.2 Å². The number of carbonyl (C=O) groups is 4. The van der Waals surface area contributed by atoms with Gasteiger partial charge >= 0.3 is 0 Å². The van der Waals surface area contributed by atoms with E-state index in [1.165, 1.54) is 35.8 Å². The van der Waals surface area contributed by atoms with Crippen molar-refractivity contribution in [3.8, 4) is 0 Å². The summed E-state index contributed by atoms with van der Waals surface area (Å²) in [7, 11) is 0. The average molecular weight is 591 g/mol. The van der Waals surface area contributed by atoms with Crippen molar-refractivity contribution < 1.29 is 19.2 Å². The van der Waals surface area contributed by atoms with Crippen LogP contribution >= 0.6 is 11.6 Å². The van der Waals surface area contributed by atoms with Gasteiger partial charge in [-0.25, -0.2) is 0 Å². The van der Waals surface area contributed by atoms with Crippen LogP contribution in [-0.4, -0.2) is 53.2 Å². The number of rotatable bonds is 8. The third-order valence-electron chi connectivity index (χ3n) is 8.83. The molecule has 0 aromatic heterocycles. The molecule has 8 nitrogen and oxygen atoms in total. The van der Waals surface area contributed by atoms with Crippen molar-refractivity contribution in [3.63, 3.8) is 0 Å². The molecule has 1 aliphatic heterocycles. The van der Waals surface area contributed by atoms with Gasteiger partial charge in [0.05, 0.1) is 10.7 Å². The summed E-state index contributed by atoms with van der Waals surface area (Å²) in [5, 5.41) is 8.84. The van der Waals surface area contributed by atoms with E-state index in [1.807, 2.05) is 0 Å². The lowest BCUT2D eigenvalue weighted by Crippen LogP contribution is -2.54. The van der Waals surface area contributed by atoms with E-state index in [4.69, 9.17) is 11.6 Å². The normalized spacial score (nSPS) is 22.5. The number of hydrogen-bond donors (Lipinski definition) is 3. The third kappa shape index (κ3) is 6.70. The van der Waals surface area contributed by atoms with Crippen molar-refractivity contribution in [2.75, 3.05) is 11.9 Å². The molecule has 4 atom stereocenters. The summed E-state index contributed by atoms with van der Waals surface area (Å²) in [5.41, 5.74) is 4.71. The summed E-state index contributed by atoms with van der Waals surface area (Å²) in [6, 6.07) is 11.8. The average Bonchev–Trinajstić information content (AvgIpc) is 3.67. The summed E-state index contributed by atoms with van der Waals surface area (Å²) in [5.74, 6) is -0.242. The summed E-state index contributed by atoms with van der Waals surface area (Å²) in [6.45, 7) is 7.69. The Kier molecular flexibility index (Phi) is 9.02. The van der Waals surface area contributed by atoms with Crippen molar-refractivity contribution in [3.05, 3.63) is 76.3 Å². The highest BCUT2D eigenvalue weighted by Crippen LogP contribution is 2.38. The zero-order chi connectivity index (χ0) is 30.0. The Morgan fingerprint density at radius 1 is 1.05 bits per heavy atom. The van der Waals surface area contributed by atoms with Gasteiger partial charge in [0.2, 0.25) is 17.7 Å². The van der Waals surface area contributed by atoms with Crippen LogP contribution in [-0.2, 0) is 27.2 Å². The van der Waals surface area contributed by atoms with E-state index in [1.54, 1.807) is 17.9 Å². The third-order valence-corrected chi connectivity index (χ3v) is 9.14. The minimum absolute atomic E-state index is 0.0219. The van der Waals surface area contributed by atoms with Crippen molar-refractivity contribution in [2.45, 2.75) is 76.9 Å². The number of amides is 4. The molecule has 1 saturated heterocycles. The second-order valence-electron chi connectivity index (χ2n) is 12.1. The van der Waals surface area contributed by atoms with Crippen LogP contribution < -0.4 is 16.0 Å². The highest BCUT2D eigenvalue weighted by Gasteiger charge is 2.40. The first-order valence-corrected chi connectivity index (χ1v) is 15.2. The molecular weight excluding hydrogens is 552 g/mol. The molecule has 2 aliphatic carbocycles. The maximum atomic E-state index is 13.5. The molecule has 2 aromatic carbocycles. The van der Waals surface area contributed by atoms with Crippen LogP contribution in [0.5, 0.6) is 0 Å². The first-order chi connectivity index (χ1) is 20.1. The number of halogens is 1. The summed E-state index contributed by atoms with van der Waals surface area (Å²) in [4.78, 5) is 52.7. The number of nitrogens with zero attached hydrogens (tertiary/aromatic N) is 1. The van der Waals surface area contributed by atoms with E-state index in [0.29, 0.717) is 30.5 Å². The molecule has 42 heavy (non-hydrogen) atoms. The second kappa shape index (κ2) is 12.7. The monoisotopic (exact) mass is 590 g/mol. The minimum atomic E-state index is -0.831. The zero-order valence-corrected chi connectivity index (χ0v) is 25.0. The van der Waals surface area contributed by atoms with Crippen LogP contribution in [0, 0.1) is 11.8 Å². The molecule has 4 amide bonds. The molecule has 3 aliphatic rings. The van der Waals surface area contributed by atoms with Crippen LogP contribution in [0.25, 0.3) is 0 Å². The largest absolute Gasteiger partial charge is 0.351 e. The molecule has 4 unspecified atom stereocenters. The summed E-state index contributed by atoms with van der Waals surface area (Å²) >= 11 is 6.21. The lowest BCUT2D eigenvalue weighted by atomic mass is 9.88. The molecule has 2 aromatic rings. The van der Waals surface area contributed by atoms with Crippen molar-refractivity contribution >= 4 is 40.9 Å². The summed E-state index contributed by atoms with van der Waals surface area (Å²) in [6.07, 6.45) is 6.22. The second-order valence-corrected chi connectivity index (χ2v) is 12.5. The van der Waals surface area contributed by atoms with Gasteiger partial charge in [-0.2, -0.15) is 0 Å². The Morgan fingerprint density at radius 3 is 2.43 bits per heavy atom. The van der Waals surface area contributed by atoms with Crippen molar-refractivity contribution in [1.29, 1.82) is 0 Å². The van der Waals surface area contributed by atoms with E-state index < -0.39 is 18.0 Å². The topological polar surface area (TPSA) is 108 Å². The number of fused-ring (bicyclic) bond motifs is 1. The predicted octanol–water partition coefficient (Wildman–Crippen LogP) is 4.66. The molecular formula is C33H39ClN4O4. The lowest BCUT2D eigenvalue weighted by Gasteiger charge is -2.30. The Balaban J connectivity index is 1.17. The van der Waals surface area contributed by atoms with Gasteiger partial charge in [0, 0.05) is 25.1 Å². The molecule has 1 saturated carbocycles. The van der Waals surface area contributed by atoms with Gasteiger partial charge < -0.3 is 20.9 Å². The fourth-order valence-electron chi connectivity index (χ4n) is 6.86. The van der Waals surface area contributed by atoms with Gasteiger partial charge in [-0.15, -0.1) is 0 Å². The first kappa shape index (κ1) is 29.8. The quantitative estimate of drug-likeness (QED) is 0.389. The minimum Gasteiger partial charge on any atom is -0.351 e. The van der Waals surface area contributed by atoms with Gasteiger partial charge in [0.1, 0.15) is 12.1 Å². The number of hydrogen-bond acceptors (Lipinski definition) is 4. The highest BCUT2D eigenvalue weighted by molar-refractivity contribution is 6.34. The molecule has 0 radical (unpaired) electrons. The van der Waals surface area contributed by atoms with E-state index in [-0.39, 0.29) is 34.3 Å². The van der Waals surface area contributed by atoms with E-state index in [0.717, 1.165) is 38.5 Å². The SMILES string of the molecule is C=C1CC(CC2Cc3ccccc3C2)C(NC(=O)C2CCCN2C(=O)C(C)NC(=O)c2ccc(NC(C)=O)c(Cl)c2)C1. The van der Waals surface area contributed by atoms with Gasteiger partial charge in [-0.1, -0.05) is 48.0 Å². The fraction of sp³-hybridized carbons (Fsp3) is 0.455. The number of carbonyl (C=O) groups excluding carboxylic acids is 4. The van der Waals surface area contributed by atoms with Crippen LogP contribution in [0.15, 0.2) is 54.6 Å². The standard InChI is InChI=1S/C33H39ClN4O4/c1-19-13-26(17-22-15-23-7-4-5-8-24(23)16-22)29(14-19)37-32(41)30-9-6-12-38(30)33(42)20(2)35-31(40)25-10-11-28(27(34)18-25)36-21(3)39/h4-5,7-8,10-11,18,20,22,26,29-30H,1,6,9,12-17H2,2-3H3,(H,35,40)(H,36,39)(H,37,41). The number of nitrogens with one attached hydrogen (secondary N) is 3. The van der Waals surface area contributed by atoms with Gasteiger partial charge in [0.25, 0.3) is 5.91 Å². The maximum absolute atomic E-state index is 13.5. The molecule has 222 valence electrons. The van der Waals surface area contributed by atoms with Crippen LogP contribution in [0.4, 0.5) is 5.69 Å². The van der Waals surface area contributed by atoms with E-state index in [2.05, 4.69) is 46.8 Å². The predicted molar refractivity (Wildman–Crippen MR) is 163 cm³/mol. The number of benzene rings is 2. The van der Waals surface area contributed by atoms with Crippen LogP contribution in [0.3, 0.4) is 0 Å². The van der Waals surface area contributed by atoms with E-state index >= 15 is 0 Å². The fourth-order valence-corrected chi connectivity index (χ4v) is 7.08. The maximum Gasteiger partial charge on any atom is 0.251 e. The van der Waals surface area contributed by atoms with Crippen LogP contribution in [0.1, 0.15) is 67.4 Å². The highest BCUT2D eigenvalue weighted by atomic mass is 35.5. The Labute approximate surface area is 252 Å². The molecule has 0 spiro atoms. The smallest absolute Gasteiger partial charge is 0.251 e. The number of likely N-dealkylation sites (tertiary alicyclic amines) is 1. The Hall–Kier alpha value is -3.65. The van der Waals surface area contributed by atoms with Gasteiger partial charge in [0.15, 0.2) is 0 Å². The van der Waals surface area contributed by atoms with Gasteiger partial charge in [-0.05, 0) is 93.0 Å². The van der Waals surface area contributed by atoms with Crippen molar-refractivity contribution in [1.82, 2.24) is 15.5 Å². The lowest BCUT2D eigenvalue weighted by molar-refractivity contribution is -0.139. The van der Waals surface area contributed by atoms with E-state index in [9.17, 15) is 19.2 Å². The summed E-state index contributed by atoms with van der Waals surface area (Å²) < 4.78 is 0. The Morgan fingerprint density at radius 2 is 1.76 bits per heavy atom. The van der Waals surface area contributed by atoms with Crippen molar-refractivity contribution in [2.24, 2.45) is 11.8 Å². The molecule has 0 bridgehead atoms. The number of anilines is 1. The molecule has 9 heteroatoms. The molecule has 5 rings (SSSR count). The molecule has 1 heterocycles. The Bertz CT molecular complexity index is 1380. The zero-order valence-electron chi connectivity index (χ0n) is 24.3.